The molecule has 0 aromatic heterocycles. The van der Waals surface area contributed by atoms with E-state index in [2.05, 4.69) is 5.32 Å². The molecule has 142 valence electrons. The van der Waals surface area contributed by atoms with Crippen LogP contribution in [0.3, 0.4) is 0 Å². The van der Waals surface area contributed by atoms with Crippen molar-refractivity contribution in [1.82, 2.24) is 5.32 Å². The van der Waals surface area contributed by atoms with Crippen LogP contribution in [0.4, 0.5) is 0 Å². The molecule has 0 heterocycles. The van der Waals surface area contributed by atoms with Gasteiger partial charge in [0.05, 0.1) is 7.11 Å². The van der Waals surface area contributed by atoms with Gasteiger partial charge in [0.15, 0.2) is 18.1 Å². The highest BCUT2D eigenvalue weighted by atomic mass is 16.5. The van der Waals surface area contributed by atoms with E-state index in [0.717, 1.165) is 31.2 Å². The summed E-state index contributed by atoms with van der Waals surface area (Å²) in [7, 11) is 1.61. The molecule has 2 bridgehead atoms. The summed E-state index contributed by atoms with van der Waals surface area (Å²) in [5.74, 6) is 2.17. The highest BCUT2D eigenvalue weighted by Crippen LogP contribution is 2.39. The Kier molecular flexibility index (Phi) is 6.20. The number of hydrogen-bond acceptors (Lipinski definition) is 4. The maximum Gasteiger partial charge on any atom is 0.258 e. The van der Waals surface area contributed by atoms with E-state index in [9.17, 15) is 4.79 Å². The number of amides is 1. The van der Waals surface area contributed by atoms with Crippen molar-refractivity contribution in [3.63, 3.8) is 0 Å². The third kappa shape index (κ3) is 4.39. The normalized spacial score (nSPS) is 28.0. The zero-order valence-corrected chi connectivity index (χ0v) is 15.7. The first-order chi connectivity index (χ1) is 12.6. The Bertz CT molecular complexity index is 645. The number of benzene rings is 1. The van der Waals surface area contributed by atoms with E-state index >= 15 is 0 Å². The van der Waals surface area contributed by atoms with Gasteiger partial charge in [-0.05, 0) is 62.1 Å². The average molecular weight is 358 g/mol. The molecule has 0 spiro atoms. The van der Waals surface area contributed by atoms with Crippen LogP contribution in [-0.4, -0.2) is 31.7 Å². The van der Waals surface area contributed by atoms with Gasteiger partial charge in [0.2, 0.25) is 0 Å². The van der Waals surface area contributed by atoms with Crippen molar-refractivity contribution in [2.24, 2.45) is 17.6 Å². The van der Waals surface area contributed by atoms with Gasteiger partial charge in [-0.3, -0.25) is 4.79 Å². The number of ether oxygens (including phenoxy) is 2. The number of carbonyl (C=O) groups is 1. The molecule has 1 aromatic carbocycles. The van der Waals surface area contributed by atoms with Gasteiger partial charge >= 0.3 is 0 Å². The monoisotopic (exact) mass is 358 g/mol. The van der Waals surface area contributed by atoms with Crippen LogP contribution in [0.1, 0.15) is 44.6 Å². The Morgan fingerprint density at radius 3 is 2.65 bits per heavy atom. The van der Waals surface area contributed by atoms with E-state index in [1.54, 1.807) is 7.11 Å². The summed E-state index contributed by atoms with van der Waals surface area (Å²) < 4.78 is 11.1. The van der Waals surface area contributed by atoms with Crippen molar-refractivity contribution in [3.8, 4) is 11.5 Å². The van der Waals surface area contributed by atoms with E-state index < -0.39 is 0 Å². The third-order valence-electron chi connectivity index (χ3n) is 5.61. The van der Waals surface area contributed by atoms with E-state index in [1.807, 2.05) is 37.3 Å². The van der Waals surface area contributed by atoms with Gasteiger partial charge in [-0.1, -0.05) is 24.6 Å². The second kappa shape index (κ2) is 8.58. The van der Waals surface area contributed by atoms with Gasteiger partial charge in [0.25, 0.3) is 5.91 Å². The molecule has 2 unspecified atom stereocenters. The molecule has 3 N–H and O–H groups in total. The number of carbonyl (C=O) groups excluding carboxylic acids is 1. The van der Waals surface area contributed by atoms with Crippen LogP contribution in [0, 0.1) is 11.8 Å². The molecule has 1 aromatic rings. The number of fused-ring (bicyclic) bond motifs is 2. The van der Waals surface area contributed by atoms with Crippen LogP contribution in [0.15, 0.2) is 24.3 Å². The number of allylic oxidation sites excluding steroid dienone is 1. The van der Waals surface area contributed by atoms with Gasteiger partial charge in [0, 0.05) is 12.1 Å². The van der Waals surface area contributed by atoms with Crippen molar-refractivity contribution in [3.05, 3.63) is 29.8 Å². The van der Waals surface area contributed by atoms with Crippen LogP contribution in [0.25, 0.3) is 6.08 Å². The molecule has 0 saturated heterocycles. The van der Waals surface area contributed by atoms with E-state index in [1.165, 1.54) is 6.42 Å². The van der Waals surface area contributed by atoms with E-state index in [0.29, 0.717) is 23.3 Å². The molecule has 5 heteroatoms. The second-order valence-corrected chi connectivity index (χ2v) is 7.47. The molecule has 0 aliphatic heterocycles. The molecule has 1 amide bonds. The zero-order chi connectivity index (χ0) is 18.5. The minimum Gasteiger partial charge on any atom is -0.493 e. The van der Waals surface area contributed by atoms with Crippen molar-refractivity contribution < 1.29 is 14.3 Å². The fourth-order valence-corrected chi connectivity index (χ4v) is 4.50. The molecule has 2 aliphatic carbocycles. The Labute approximate surface area is 155 Å². The van der Waals surface area contributed by atoms with Gasteiger partial charge in [0.1, 0.15) is 0 Å². The van der Waals surface area contributed by atoms with Crippen LogP contribution in [0.5, 0.6) is 11.5 Å². The highest BCUT2D eigenvalue weighted by Gasteiger charge is 2.39. The standard InChI is InChI=1S/C21H30N2O3/c1-3-5-14-8-9-18(19(10-14)25-2)26-13-20(24)23-21-15-6-4-7-16(21)12-17(22)11-15/h3,5,8-10,15-17,21H,4,6-7,11-13,22H2,1-2H3,(H,23,24)/b5-3+. The summed E-state index contributed by atoms with van der Waals surface area (Å²) in [6, 6.07) is 6.23. The number of nitrogens with one attached hydrogen (secondary N) is 1. The Morgan fingerprint density at radius 1 is 1.27 bits per heavy atom. The summed E-state index contributed by atoms with van der Waals surface area (Å²) in [4.78, 5) is 12.4. The largest absolute Gasteiger partial charge is 0.493 e. The van der Waals surface area contributed by atoms with Crippen LogP contribution in [-0.2, 0) is 4.79 Å². The molecular formula is C21H30N2O3. The SMILES string of the molecule is C/C=C/c1ccc(OCC(=O)NC2C3CCCC2CC(N)C3)c(OC)c1. The molecule has 2 saturated carbocycles. The summed E-state index contributed by atoms with van der Waals surface area (Å²) in [5, 5.41) is 3.21. The zero-order valence-electron chi connectivity index (χ0n) is 15.7. The number of rotatable bonds is 6. The van der Waals surface area contributed by atoms with Gasteiger partial charge in [-0.25, -0.2) is 0 Å². The first-order valence-electron chi connectivity index (χ1n) is 9.59. The first kappa shape index (κ1) is 18.8. The van der Waals surface area contributed by atoms with Gasteiger partial charge in [-0.2, -0.15) is 0 Å². The van der Waals surface area contributed by atoms with Crippen molar-refractivity contribution in [1.29, 1.82) is 0 Å². The topological polar surface area (TPSA) is 73.6 Å². The summed E-state index contributed by atoms with van der Waals surface area (Å²) in [6.45, 7) is 1.97. The molecule has 5 nitrogen and oxygen atoms in total. The Morgan fingerprint density at radius 2 is 2.00 bits per heavy atom. The van der Waals surface area contributed by atoms with Crippen molar-refractivity contribution in [2.75, 3.05) is 13.7 Å². The highest BCUT2D eigenvalue weighted by molar-refractivity contribution is 5.78. The van der Waals surface area contributed by atoms with E-state index in [-0.39, 0.29) is 24.6 Å². The quantitative estimate of drug-likeness (QED) is 0.819. The molecule has 3 rings (SSSR count). The predicted octanol–water partition coefficient (Wildman–Crippen LogP) is 3.13. The average Bonchev–Trinajstić information content (AvgIpc) is 2.61. The lowest BCUT2D eigenvalue weighted by Gasteiger charge is -2.45. The maximum absolute atomic E-state index is 12.4. The smallest absolute Gasteiger partial charge is 0.258 e. The molecule has 2 atom stereocenters. The van der Waals surface area contributed by atoms with Crippen LogP contribution >= 0.6 is 0 Å². The fourth-order valence-electron chi connectivity index (χ4n) is 4.50. The molecule has 2 aliphatic rings. The number of nitrogens with two attached hydrogens (primary N) is 1. The van der Waals surface area contributed by atoms with Crippen molar-refractivity contribution in [2.45, 2.75) is 51.1 Å². The number of methoxy groups -OCH3 is 1. The fraction of sp³-hybridized carbons (Fsp3) is 0.571. The predicted molar refractivity (Wildman–Crippen MR) is 103 cm³/mol. The first-order valence-corrected chi connectivity index (χ1v) is 9.59. The minimum absolute atomic E-state index is 0.00131. The summed E-state index contributed by atoms with van der Waals surface area (Å²) in [5.41, 5.74) is 7.20. The summed E-state index contributed by atoms with van der Waals surface area (Å²) >= 11 is 0. The lowest BCUT2D eigenvalue weighted by Crippen LogP contribution is -2.54. The Hall–Kier alpha value is -2.01. The van der Waals surface area contributed by atoms with Crippen LogP contribution in [0.2, 0.25) is 0 Å². The third-order valence-corrected chi connectivity index (χ3v) is 5.61. The minimum atomic E-state index is -0.0676. The summed E-state index contributed by atoms with van der Waals surface area (Å²) in [6.07, 6.45) is 9.57. The van der Waals surface area contributed by atoms with Gasteiger partial charge in [-0.15, -0.1) is 0 Å². The van der Waals surface area contributed by atoms with Crippen molar-refractivity contribution >= 4 is 12.0 Å². The molecule has 2 fully saturated rings. The Balaban J connectivity index is 1.57. The van der Waals surface area contributed by atoms with Crippen LogP contribution < -0.4 is 20.5 Å². The van der Waals surface area contributed by atoms with E-state index in [4.69, 9.17) is 15.2 Å². The second-order valence-electron chi connectivity index (χ2n) is 7.47. The molecular weight excluding hydrogens is 328 g/mol. The lowest BCUT2D eigenvalue weighted by atomic mass is 9.67. The lowest BCUT2D eigenvalue weighted by molar-refractivity contribution is -0.125. The maximum atomic E-state index is 12.4. The van der Waals surface area contributed by atoms with Gasteiger partial charge < -0.3 is 20.5 Å². The molecule has 26 heavy (non-hydrogen) atoms. The molecule has 0 radical (unpaired) electrons. The number of hydrogen-bond donors (Lipinski definition) is 2.